The summed E-state index contributed by atoms with van der Waals surface area (Å²) >= 11 is 6.74. The first-order chi connectivity index (χ1) is 18.9. The zero-order valence-corrected chi connectivity index (χ0v) is 23.1. The number of hydrogen-bond acceptors (Lipinski definition) is 8. The first-order valence-electron chi connectivity index (χ1n) is 13.0. The molecule has 0 bridgehead atoms. The SMILES string of the molecule is Cc1cccn2c(=O)c(/C=C3/SC(=S)N(C[C@H]4CCCO4)C3=O)c(N3CCN(c4ccc(F)cc4)CC3)nc12. The molecule has 11 heteroatoms. The van der Waals surface area contributed by atoms with Gasteiger partial charge in [0.25, 0.3) is 11.5 Å². The molecule has 8 nitrogen and oxygen atoms in total. The number of fused-ring (bicyclic) bond motifs is 1. The monoisotopic (exact) mass is 565 g/mol. The molecule has 1 aromatic carbocycles. The fraction of sp³-hybridized carbons (Fsp3) is 0.357. The number of thiocarbonyl (C=S) groups is 1. The third-order valence-electron chi connectivity index (χ3n) is 7.39. The number of carbonyl (C=O) groups is 1. The smallest absolute Gasteiger partial charge is 0.267 e. The Hall–Kier alpha value is -3.28. The molecule has 1 amide bonds. The van der Waals surface area contributed by atoms with Crippen molar-refractivity contribution in [1.82, 2.24) is 14.3 Å². The van der Waals surface area contributed by atoms with Gasteiger partial charge in [0.15, 0.2) is 0 Å². The van der Waals surface area contributed by atoms with E-state index in [1.165, 1.54) is 28.3 Å². The molecule has 3 aliphatic rings. The van der Waals surface area contributed by atoms with Gasteiger partial charge in [-0.3, -0.25) is 18.9 Å². The molecule has 39 heavy (non-hydrogen) atoms. The molecule has 0 N–H and O–H groups in total. The largest absolute Gasteiger partial charge is 0.376 e. The van der Waals surface area contributed by atoms with Gasteiger partial charge in [0, 0.05) is 44.7 Å². The molecule has 0 aliphatic carbocycles. The number of hydrogen-bond donors (Lipinski definition) is 0. The summed E-state index contributed by atoms with van der Waals surface area (Å²) in [5, 5.41) is 0. The molecule has 6 rings (SSSR count). The molecular weight excluding hydrogens is 537 g/mol. The van der Waals surface area contributed by atoms with Gasteiger partial charge in [-0.05, 0) is 61.7 Å². The van der Waals surface area contributed by atoms with Crippen LogP contribution >= 0.6 is 24.0 Å². The van der Waals surface area contributed by atoms with Crippen molar-refractivity contribution in [3.05, 3.63) is 74.8 Å². The Balaban J connectivity index is 1.34. The second-order valence-electron chi connectivity index (χ2n) is 9.92. The van der Waals surface area contributed by atoms with E-state index < -0.39 is 0 Å². The first kappa shape index (κ1) is 26.0. The highest BCUT2D eigenvalue weighted by atomic mass is 32.2. The molecule has 3 fully saturated rings. The second kappa shape index (κ2) is 10.7. The van der Waals surface area contributed by atoms with Crippen LogP contribution < -0.4 is 15.4 Å². The summed E-state index contributed by atoms with van der Waals surface area (Å²) in [4.78, 5) is 38.4. The Labute approximate surface area is 235 Å². The first-order valence-corrected chi connectivity index (χ1v) is 14.3. The Kier molecular flexibility index (Phi) is 7.13. The van der Waals surface area contributed by atoms with E-state index in [1.807, 2.05) is 19.1 Å². The highest BCUT2D eigenvalue weighted by molar-refractivity contribution is 8.26. The van der Waals surface area contributed by atoms with Crippen LogP contribution in [-0.2, 0) is 9.53 Å². The molecular formula is C28H28FN5O3S2. The van der Waals surface area contributed by atoms with E-state index in [0.29, 0.717) is 65.6 Å². The van der Waals surface area contributed by atoms with Crippen molar-refractivity contribution in [2.45, 2.75) is 25.9 Å². The lowest BCUT2D eigenvalue weighted by Gasteiger charge is -2.37. The van der Waals surface area contributed by atoms with Crippen molar-refractivity contribution in [2.24, 2.45) is 0 Å². The summed E-state index contributed by atoms with van der Waals surface area (Å²) in [5.41, 5.74) is 2.56. The highest BCUT2D eigenvalue weighted by Gasteiger charge is 2.35. The quantitative estimate of drug-likeness (QED) is 0.342. The van der Waals surface area contributed by atoms with Crippen molar-refractivity contribution in [3.63, 3.8) is 0 Å². The van der Waals surface area contributed by atoms with E-state index in [9.17, 15) is 14.0 Å². The summed E-state index contributed by atoms with van der Waals surface area (Å²) in [6.45, 7) is 5.65. The number of thioether (sulfide) groups is 1. The normalized spacial score (nSPS) is 21.1. The Morgan fingerprint density at radius 3 is 2.59 bits per heavy atom. The van der Waals surface area contributed by atoms with Gasteiger partial charge in [0.2, 0.25) is 0 Å². The van der Waals surface area contributed by atoms with Crippen molar-refractivity contribution in [2.75, 3.05) is 49.1 Å². The number of amides is 1. The molecule has 0 radical (unpaired) electrons. The maximum absolute atomic E-state index is 13.8. The predicted molar refractivity (Wildman–Crippen MR) is 156 cm³/mol. The van der Waals surface area contributed by atoms with Gasteiger partial charge in [0.05, 0.1) is 23.1 Å². The molecule has 5 heterocycles. The number of halogens is 1. The van der Waals surface area contributed by atoms with Crippen LogP contribution in [-0.4, -0.2) is 69.9 Å². The highest BCUT2D eigenvalue weighted by Crippen LogP contribution is 2.34. The average molecular weight is 566 g/mol. The van der Waals surface area contributed by atoms with E-state index in [1.54, 1.807) is 29.3 Å². The number of aryl methyl sites for hydroxylation is 1. The zero-order chi connectivity index (χ0) is 27.1. The summed E-state index contributed by atoms with van der Waals surface area (Å²) < 4.78 is 21.1. The number of rotatable bonds is 5. The van der Waals surface area contributed by atoms with Gasteiger partial charge < -0.3 is 14.5 Å². The van der Waals surface area contributed by atoms with Crippen molar-refractivity contribution in [1.29, 1.82) is 0 Å². The summed E-state index contributed by atoms with van der Waals surface area (Å²) in [6, 6.07) is 10.2. The minimum Gasteiger partial charge on any atom is -0.376 e. The number of pyridine rings is 1. The Morgan fingerprint density at radius 2 is 1.87 bits per heavy atom. The van der Waals surface area contributed by atoms with Crippen LogP contribution in [0.5, 0.6) is 0 Å². The van der Waals surface area contributed by atoms with Crippen LogP contribution in [0.2, 0.25) is 0 Å². The Bertz CT molecular complexity index is 1530. The molecule has 1 atom stereocenters. The maximum atomic E-state index is 13.8. The lowest BCUT2D eigenvalue weighted by molar-refractivity contribution is -0.123. The minimum atomic E-state index is -0.264. The zero-order valence-electron chi connectivity index (χ0n) is 21.5. The van der Waals surface area contributed by atoms with E-state index in [4.69, 9.17) is 21.9 Å². The molecule has 202 valence electrons. The van der Waals surface area contributed by atoms with Crippen LogP contribution in [0.15, 0.2) is 52.3 Å². The topological polar surface area (TPSA) is 70.4 Å². The second-order valence-corrected chi connectivity index (χ2v) is 11.6. The van der Waals surface area contributed by atoms with Crippen molar-refractivity contribution >= 4 is 57.4 Å². The summed E-state index contributed by atoms with van der Waals surface area (Å²) in [5.74, 6) is 0.0817. The van der Waals surface area contributed by atoms with Gasteiger partial charge >= 0.3 is 0 Å². The molecule has 2 aromatic heterocycles. The molecule has 3 saturated heterocycles. The van der Waals surface area contributed by atoms with E-state index in [-0.39, 0.29) is 23.4 Å². The van der Waals surface area contributed by atoms with Crippen LogP contribution in [0, 0.1) is 12.7 Å². The van der Waals surface area contributed by atoms with Crippen molar-refractivity contribution in [3.8, 4) is 0 Å². The molecule has 0 saturated carbocycles. The predicted octanol–water partition coefficient (Wildman–Crippen LogP) is 3.85. The van der Waals surface area contributed by atoms with E-state index >= 15 is 0 Å². The van der Waals surface area contributed by atoms with Crippen LogP contribution in [0.3, 0.4) is 0 Å². The number of carbonyl (C=O) groups excluding carboxylic acids is 1. The minimum absolute atomic E-state index is 0.0178. The Morgan fingerprint density at radius 1 is 1.13 bits per heavy atom. The summed E-state index contributed by atoms with van der Waals surface area (Å²) in [6.07, 6.45) is 5.22. The number of ether oxygens (including phenoxy) is 1. The number of piperazine rings is 1. The van der Waals surface area contributed by atoms with Gasteiger partial charge in [-0.1, -0.05) is 30.0 Å². The van der Waals surface area contributed by atoms with Gasteiger partial charge in [-0.2, -0.15) is 0 Å². The van der Waals surface area contributed by atoms with Crippen LogP contribution in [0.1, 0.15) is 24.0 Å². The lowest BCUT2D eigenvalue weighted by Crippen LogP contribution is -2.47. The van der Waals surface area contributed by atoms with Gasteiger partial charge in [0.1, 0.15) is 21.6 Å². The number of aromatic nitrogens is 2. The molecule has 0 unspecified atom stereocenters. The molecule has 3 aliphatic heterocycles. The van der Waals surface area contributed by atoms with Gasteiger partial charge in [-0.15, -0.1) is 0 Å². The summed E-state index contributed by atoms with van der Waals surface area (Å²) in [7, 11) is 0. The third-order valence-corrected chi connectivity index (χ3v) is 8.77. The van der Waals surface area contributed by atoms with Crippen LogP contribution in [0.25, 0.3) is 11.7 Å². The number of nitrogens with zero attached hydrogens (tertiary/aromatic N) is 5. The molecule has 0 spiro atoms. The van der Waals surface area contributed by atoms with Crippen molar-refractivity contribution < 1.29 is 13.9 Å². The fourth-order valence-electron chi connectivity index (χ4n) is 5.28. The fourth-order valence-corrected chi connectivity index (χ4v) is 6.53. The lowest BCUT2D eigenvalue weighted by atomic mass is 10.2. The van der Waals surface area contributed by atoms with E-state index in [2.05, 4.69) is 9.80 Å². The average Bonchev–Trinajstić information content (AvgIpc) is 3.55. The van der Waals surface area contributed by atoms with E-state index in [0.717, 1.165) is 24.1 Å². The van der Waals surface area contributed by atoms with Gasteiger partial charge in [-0.25, -0.2) is 9.37 Å². The number of anilines is 2. The molecule has 3 aromatic rings. The number of benzene rings is 1. The third kappa shape index (κ3) is 5.06. The standard InChI is InChI=1S/C28H28FN5O3S2/c1-18-4-2-10-33-24(18)30-25(32-13-11-31(12-14-32)20-8-6-19(29)7-9-20)22(26(33)35)16-23-27(36)34(28(38)39-23)17-21-5-3-15-37-21/h2,4,6-10,16,21H,3,5,11-15,17H2,1H3/b23-16+/t21-/m1/s1. The maximum Gasteiger partial charge on any atom is 0.267 e. The van der Waals surface area contributed by atoms with Crippen LogP contribution in [0.4, 0.5) is 15.9 Å².